The van der Waals surface area contributed by atoms with Gasteiger partial charge in [-0.25, -0.2) is 9.55 Å². The first-order valence-electron chi connectivity index (χ1n) is 11.8. The van der Waals surface area contributed by atoms with Gasteiger partial charge in [0.15, 0.2) is 5.65 Å². The predicted molar refractivity (Wildman–Crippen MR) is 134 cm³/mol. The van der Waals surface area contributed by atoms with E-state index < -0.39 is 0 Å². The summed E-state index contributed by atoms with van der Waals surface area (Å²) < 4.78 is 7.96. The molecule has 0 fully saturated rings. The van der Waals surface area contributed by atoms with Gasteiger partial charge >= 0.3 is 6.01 Å². The van der Waals surface area contributed by atoms with Crippen LogP contribution in [-0.2, 0) is 12.8 Å². The Balaban J connectivity index is 1.62. The number of tetrazole rings is 1. The third-order valence-electron chi connectivity index (χ3n) is 6.73. The number of ether oxygens (including phenoxy) is 1. The van der Waals surface area contributed by atoms with Crippen LogP contribution in [0.25, 0.3) is 28.0 Å². The van der Waals surface area contributed by atoms with E-state index in [4.69, 9.17) is 9.72 Å². The normalized spacial score (nSPS) is 14.4. The summed E-state index contributed by atoms with van der Waals surface area (Å²) in [6.45, 7) is 6.74. The van der Waals surface area contributed by atoms with Crippen LogP contribution in [0.3, 0.4) is 0 Å². The number of imidazole rings is 1. The van der Waals surface area contributed by atoms with Crippen molar-refractivity contribution < 1.29 is 4.74 Å². The lowest BCUT2D eigenvalue weighted by Crippen LogP contribution is -2.07. The Morgan fingerprint density at radius 2 is 1.94 bits per heavy atom. The molecular formula is C27H25N7O. The molecule has 0 unspecified atom stereocenters. The number of nitrogens with zero attached hydrogens (tertiary/aromatic N) is 6. The fourth-order valence-electron chi connectivity index (χ4n) is 5.10. The minimum atomic E-state index is 0.527. The molecule has 3 aromatic heterocycles. The van der Waals surface area contributed by atoms with Crippen molar-refractivity contribution in [1.29, 1.82) is 0 Å². The lowest BCUT2D eigenvalue weighted by Gasteiger charge is -2.19. The van der Waals surface area contributed by atoms with E-state index in [2.05, 4.69) is 75.9 Å². The molecule has 0 aliphatic heterocycles. The molecule has 1 aliphatic carbocycles. The molecule has 0 saturated heterocycles. The average Bonchev–Trinajstić information content (AvgIpc) is 3.49. The number of rotatable bonds is 4. The van der Waals surface area contributed by atoms with E-state index in [0.717, 1.165) is 40.8 Å². The maximum Gasteiger partial charge on any atom is 0.303 e. The minimum Gasteiger partial charge on any atom is -0.465 e. The maximum absolute atomic E-state index is 5.93. The topological polar surface area (TPSA) is 94.4 Å². The van der Waals surface area contributed by atoms with Crippen LogP contribution >= 0.6 is 0 Å². The first kappa shape index (κ1) is 21.2. The summed E-state index contributed by atoms with van der Waals surface area (Å²) in [5, 5.41) is 14.9. The van der Waals surface area contributed by atoms with Crippen molar-refractivity contribution in [3.8, 4) is 11.7 Å². The largest absolute Gasteiger partial charge is 0.465 e. The van der Waals surface area contributed by atoms with E-state index >= 15 is 0 Å². The van der Waals surface area contributed by atoms with Crippen molar-refractivity contribution in [3.63, 3.8) is 0 Å². The van der Waals surface area contributed by atoms with Crippen LogP contribution < -0.4 is 4.74 Å². The summed E-state index contributed by atoms with van der Waals surface area (Å²) in [7, 11) is 0. The molecule has 0 amide bonds. The molecule has 1 N–H and O–H groups in total. The molecule has 174 valence electrons. The number of hydrogen-bond acceptors (Lipinski definition) is 6. The summed E-state index contributed by atoms with van der Waals surface area (Å²) in [6, 6.07) is 17.3. The highest BCUT2D eigenvalue weighted by atomic mass is 16.5. The first-order valence-corrected chi connectivity index (χ1v) is 11.8. The Kier molecular flexibility index (Phi) is 5.13. The molecule has 0 bridgehead atoms. The molecule has 3 heterocycles. The monoisotopic (exact) mass is 463 g/mol. The molecule has 1 aliphatic rings. The van der Waals surface area contributed by atoms with E-state index in [9.17, 15) is 0 Å². The van der Waals surface area contributed by atoms with Gasteiger partial charge in [0.25, 0.3) is 0 Å². The van der Waals surface area contributed by atoms with Gasteiger partial charge in [-0.3, -0.25) is 0 Å². The van der Waals surface area contributed by atoms with Crippen LogP contribution in [0.4, 0.5) is 0 Å². The summed E-state index contributed by atoms with van der Waals surface area (Å²) in [5.74, 6) is 0.604. The highest BCUT2D eigenvalue weighted by Crippen LogP contribution is 2.40. The van der Waals surface area contributed by atoms with Gasteiger partial charge in [0.2, 0.25) is 5.82 Å². The number of fused-ring (bicyclic) bond motifs is 3. The standard InChI is InChI=1S/C27H25N7O/c1-4-35-27-29-22-10-7-15-28-26(22)34(27)23-14-13-21-19(16(23)2)12-11-18-8-5-6-9-20(18)24(21)17(3)25-30-32-33-31-25/h5-10,13-15H,4,11-12H2,1-3H3,(H,30,31,32,33)/b24-17+. The predicted octanol–water partition coefficient (Wildman–Crippen LogP) is 4.72. The fourth-order valence-corrected chi connectivity index (χ4v) is 5.10. The zero-order chi connectivity index (χ0) is 23.9. The summed E-state index contributed by atoms with van der Waals surface area (Å²) in [4.78, 5) is 9.33. The Labute approximate surface area is 202 Å². The quantitative estimate of drug-likeness (QED) is 0.415. The van der Waals surface area contributed by atoms with Crippen molar-refractivity contribution in [2.24, 2.45) is 0 Å². The third kappa shape index (κ3) is 3.41. The minimum absolute atomic E-state index is 0.527. The van der Waals surface area contributed by atoms with Crippen molar-refractivity contribution in [2.75, 3.05) is 6.61 Å². The number of aryl methyl sites for hydroxylation is 1. The number of pyridine rings is 1. The van der Waals surface area contributed by atoms with Gasteiger partial charge in [-0.15, -0.1) is 10.2 Å². The Morgan fingerprint density at radius 1 is 1.06 bits per heavy atom. The zero-order valence-corrected chi connectivity index (χ0v) is 19.9. The van der Waals surface area contributed by atoms with Crippen molar-refractivity contribution in [2.45, 2.75) is 33.6 Å². The lowest BCUT2D eigenvalue weighted by atomic mass is 9.88. The molecule has 8 heteroatoms. The Bertz CT molecular complexity index is 1580. The van der Waals surface area contributed by atoms with Crippen LogP contribution in [0.1, 0.15) is 47.5 Å². The van der Waals surface area contributed by atoms with Crippen molar-refractivity contribution in [1.82, 2.24) is 35.2 Å². The first-order chi connectivity index (χ1) is 17.2. The van der Waals surface area contributed by atoms with E-state index in [0.29, 0.717) is 18.4 Å². The Hall–Kier alpha value is -4.33. The number of H-pyrrole nitrogens is 1. The molecule has 0 radical (unpaired) electrons. The van der Waals surface area contributed by atoms with Gasteiger partial charge in [-0.2, -0.15) is 10.2 Å². The van der Waals surface area contributed by atoms with Gasteiger partial charge in [0.1, 0.15) is 5.52 Å². The summed E-state index contributed by atoms with van der Waals surface area (Å²) in [5.41, 5.74) is 10.9. The van der Waals surface area contributed by atoms with Gasteiger partial charge < -0.3 is 4.74 Å². The number of nitrogens with one attached hydrogen (secondary N) is 1. The number of allylic oxidation sites excluding steroid dienone is 1. The highest BCUT2D eigenvalue weighted by molar-refractivity contribution is 5.99. The van der Waals surface area contributed by atoms with Crippen LogP contribution in [0.2, 0.25) is 0 Å². The Morgan fingerprint density at radius 3 is 2.77 bits per heavy atom. The second kappa shape index (κ2) is 8.47. The number of hydrogen-bond donors (Lipinski definition) is 1. The third-order valence-corrected chi connectivity index (χ3v) is 6.73. The van der Waals surface area contributed by atoms with E-state index in [1.54, 1.807) is 6.20 Å². The van der Waals surface area contributed by atoms with E-state index in [1.165, 1.54) is 27.8 Å². The molecule has 8 nitrogen and oxygen atoms in total. The number of aromatic nitrogens is 7. The highest BCUT2D eigenvalue weighted by Gasteiger charge is 2.25. The molecule has 0 atom stereocenters. The van der Waals surface area contributed by atoms with Gasteiger partial charge in [-0.05, 0) is 90.4 Å². The maximum atomic E-state index is 5.93. The fraction of sp³-hybridized carbons (Fsp3) is 0.222. The van der Waals surface area contributed by atoms with Gasteiger partial charge in [0, 0.05) is 11.8 Å². The zero-order valence-electron chi connectivity index (χ0n) is 19.9. The summed E-state index contributed by atoms with van der Waals surface area (Å²) in [6.07, 6.45) is 3.65. The van der Waals surface area contributed by atoms with Crippen LogP contribution in [0, 0.1) is 6.92 Å². The number of aromatic amines is 1. The molecular weight excluding hydrogens is 438 g/mol. The number of benzene rings is 2. The lowest BCUT2D eigenvalue weighted by molar-refractivity contribution is 0.309. The van der Waals surface area contributed by atoms with E-state index in [-0.39, 0.29) is 0 Å². The van der Waals surface area contributed by atoms with Gasteiger partial charge in [-0.1, -0.05) is 30.3 Å². The molecule has 35 heavy (non-hydrogen) atoms. The van der Waals surface area contributed by atoms with Gasteiger partial charge in [0.05, 0.1) is 12.3 Å². The van der Waals surface area contributed by atoms with Crippen LogP contribution in [0.5, 0.6) is 6.01 Å². The van der Waals surface area contributed by atoms with Crippen LogP contribution in [-0.4, -0.2) is 41.8 Å². The van der Waals surface area contributed by atoms with Crippen LogP contribution in [0.15, 0.2) is 54.7 Å². The molecule has 0 spiro atoms. The van der Waals surface area contributed by atoms with E-state index in [1.807, 2.05) is 23.6 Å². The molecule has 2 aromatic carbocycles. The smallest absolute Gasteiger partial charge is 0.303 e. The molecule has 6 rings (SSSR count). The second-order valence-electron chi connectivity index (χ2n) is 8.64. The van der Waals surface area contributed by atoms with Crippen molar-refractivity contribution in [3.05, 3.63) is 88.4 Å². The SMILES string of the molecule is CCOc1nc2cccnc2n1-c1ccc2c(c1C)CCc1ccccc1/C2=C(/C)c1nn[nH]n1. The average molecular weight is 464 g/mol. The molecule has 0 saturated carbocycles. The second-order valence-corrected chi connectivity index (χ2v) is 8.64. The van der Waals surface area contributed by atoms with Crippen molar-refractivity contribution >= 4 is 22.3 Å². The summed E-state index contributed by atoms with van der Waals surface area (Å²) >= 11 is 0. The molecule has 5 aromatic rings.